The smallest absolute Gasteiger partial charge is 0.311 e. The molecule has 0 unspecified atom stereocenters. The van der Waals surface area contributed by atoms with Gasteiger partial charge in [-0.15, -0.1) is 0 Å². The van der Waals surface area contributed by atoms with Crippen LogP contribution in [0.4, 0.5) is 0 Å². The minimum atomic E-state index is -0.523. The first-order chi connectivity index (χ1) is 17.5. The Morgan fingerprint density at radius 3 is 2.18 bits per heavy atom. The molecule has 0 saturated heterocycles. The molecule has 5 aliphatic carbocycles. The Kier molecular flexibility index (Phi) is 6.19. The fraction of sp³-hybridized carbons (Fsp3) is 0.848. The Bertz CT molecular complexity index is 1090. The fourth-order valence-electron chi connectivity index (χ4n) is 10.9. The molecule has 4 fully saturated rings. The minimum Gasteiger partial charge on any atom is -0.469 e. The molecule has 4 saturated carbocycles. The van der Waals surface area contributed by atoms with Crippen LogP contribution in [0.25, 0.3) is 0 Å². The number of ether oxygens (including phenoxy) is 2. The van der Waals surface area contributed by atoms with Gasteiger partial charge < -0.3 is 9.47 Å². The molecule has 0 aromatic rings. The van der Waals surface area contributed by atoms with Gasteiger partial charge in [-0.05, 0) is 104 Å². The van der Waals surface area contributed by atoms with Gasteiger partial charge in [-0.1, -0.05) is 47.1 Å². The van der Waals surface area contributed by atoms with Crippen LogP contribution in [0.1, 0.15) is 113 Å². The van der Waals surface area contributed by atoms with Crippen molar-refractivity contribution in [1.82, 2.24) is 0 Å². The number of carbonyl (C=O) groups excluding carboxylic acids is 3. The maximum atomic E-state index is 14.4. The van der Waals surface area contributed by atoms with Gasteiger partial charge in [-0.3, -0.25) is 14.4 Å². The number of hydrogen-bond acceptors (Lipinski definition) is 5. The number of ketones is 1. The van der Waals surface area contributed by atoms with Crippen LogP contribution >= 0.6 is 0 Å². The third-order valence-electron chi connectivity index (χ3n) is 13.5. The molecular formula is C33H50O5. The molecule has 0 heterocycles. The van der Waals surface area contributed by atoms with E-state index >= 15 is 0 Å². The molecule has 212 valence electrons. The summed E-state index contributed by atoms with van der Waals surface area (Å²) in [6.07, 6.45) is 10.6. The molecular weight excluding hydrogens is 476 g/mol. The minimum absolute atomic E-state index is 0.0650. The van der Waals surface area contributed by atoms with Gasteiger partial charge in [0.25, 0.3) is 0 Å². The summed E-state index contributed by atoms with van der Waals surface area (Å²) in [5.41, 5.74) is 0.461. The zero-order valence-corrected chi connectivity index (χ0v) is 25.3. The summed E-state index contributed by atoms with van der Waals surface area (Å²) in [6.45, 7) is 17.7. The van der Waals surface area contributed by atoms with Crippen LogP contribution in [0.3, 0.4) is 0 Å². The van der Waals surface area contributed by atoms with Crippen LogP contribution in [0.2, 0.25) is 0 Å². The highest BCUT2D eigenvalue weighted by Crippen LogP contribution is 2.75. The average molecular weight is 527 g/mol. The van der Waals surface area contributed by atoms with Crippen LogP contribution < -0.4 is 0 Å². The van der Waals surface area contributed by atoms with Crippen molar-refractivity contribution < 1.29 is 23.9 Å². The number of carbonyl (C=O) groups is 3. The molecule has 0 aliphatic heterocycles. The summed E-state index contributed by atoms with van der Waals surface area (Å²) in [6, 6.07) is 0. The van der Waals surface area contributed by atoms with Gasteiger partial charge in [0.1, 0.15) is 6.10 Å². The fourth-order valence-corrected chi connectivity index (χ4v) is 10.9. The van der Waals surface area contributed by atoms with E-state index in [0.717, 1.165) is 57.8 Å². The van der Waals surface area contributed by atoms with Crippen LogP contribution in [0.5, 0.6) is 0 Å². The summed E-state index contributed by atoms with van der Waals surface area (Å²) in [5, 5.41) is 0. The van der Waals surface area contributed by atoms with Crippen molar-refractivity contribution in [1.29, 1.82) is 0 Å². The third kappa shape index (κ3) is 3.51. The van der Waals surface area contributed by atoms with Crippen molar-refractivity contribution in [2.45, 2.75) is 119 Å². The number of methoxy groups -OCH3 is 1. The third-order valence-corrected chi connectivity index (χ3v) is 13.5. The molecule has 9 atom stereocenters. The molecule has 0 spiro atoms. The topological polar surface area (TPSA) is 69.7 Å². The monoisotopic (exact) mass is 526 g/mol. The predicted molar refractivity (Wildman–Crippen MR) is 147 cm³/mol. The lowest BCUT2D eigenvalue weighted by atomic mass is 9.34. The van der Waals surface area contributed by atoms with E-state index in [1.54, 1.807) is 0 Å². The second-order valence-electron chi connectivity index (χ2n) is 15.7. The van der Waals surface area contributed by atoms with Gasteiger partial charge in [0, 0.05) is 18.3 Å². The standard InChI is InChI=1S/C33H50O5/c1-20(34)38-25-11-12-31(6)23(28(25,2)3)10-13-32(7)24(31)18-22(35)26-21-19-30(5,27(36)37-9)15-14-29(21,4)16-17-33(26,32)8/h18,21,23,25-26H,10-17,19H2,1-9H3/t21-,23-,25-,26-,29+,30-,31-,32+,33+/m0/s1. The normalized spacial score (nSPS) is 49.4. The van der Waals surface area contributed by atoms with Gasteiger partial charge in [-0.2, -0.15) is 0 Å². The average Bonchev–Trinajstić information content (AvgIpc) is 2.83. The number of esters is 2. The van der Waals surface area contributed by atoms with Gasteiger partial charge >= 0.3 is 11.9 Å². The first-order valence-electron chi connectivity index (χ1n) is 15.0. The summed E-state index contributed by atoms with van der Waals surface area (Å²) in [4.78, 5) is 39.2. The molecule has 5 nitrogen and oxygen atoms in total. The Morgan fingerprint density at radius 1 is 0.895 bits per heavy atom. The zero-order chi connectivity index (χ0) is 28.1. The van der Waals surface area contributed by atoms with E-state index in [4.69, 9.17) is 9.47 Å². The van der Waals surface area contributed by atoms with Crippen molar-refractivity contribution in [2.75, 3.05) is 7.11 Å². The van der Waals surface area contributed by atoms with Crippen molar-refractivity contribution in [3.05, 3.63) is 11.6 Å². The van der Waals surface area contributed by atoms with E-state index in [0.29, 0.717) is 5.92 Å². The molecule has 0 radical (unpaired) electrons. The van der Waals surface area contributed by atoms with E-state index in [2.05, 4.69) is 54.5 Å². The largest absolute Gasteiger partial charge is 0.469 e. The quantitative estimate of drug-likeness (QED) is 0.360. The SMILES string of the molecule is COC(=O)[C@@]1(C)CC[C@]2(C)CC[C@]3(C)[C@H](C(=O)C=C4[C@@]5(C)CC[C@H](OC(C)=O)C(C)(C)[C@@H]5CC[C@]43C)[C@@H]2C1. The molecule has 0 aromatic heterocycles. The molecule has 5 aliphatic rings. The van der Waals surface area contributed by atoms with E-state index < -0.39 is 5.41 Å². The van der Waals surface area contributed by atoms with Gasteiger partial charge in [-0.25, -0.2) is 0 Å². The maximum Gasteiger partial charge on any atom is 0.311 e. The van der Waals surface area contributed by atoms with E-state index in [-0.39, 0.29) is 62.7 Å². The number of allylic oxidation sites excluding steroid dienone is 2. The van der Waals surface area contributed by atoms with Crippen molar-refractivity contribution in [2.24, 2.45) is 50.2 Å². The number of fused-ring (bicyclic) bond motifs is 7. The second kappa shape index (κ2) is 8.43. The van der Waals surface area contributed by atoms with Crippen molar-refractivity contribution in [3.63, 3.8) is 0 Å². The Balaban J connectivity index is 1.57. The molecule has 5 heteroatoms. The van der Waals surface area contributed by atoms with E-state index in [9.17, 15) is 14.4 Å². The molecule has 5 rings (SSSR count). The lowest BCUT2D eigenvalue weighted by Crippen LogP contribution is -2.65. The molecule has 0 amide bonds. The predicted octanol–water partition coefficient (Wildman–Crippen LogP) is 7.07. The lowest BCUT2D eigenvalue weighted by molar-refractivity contribution is -0.189. The zero-order valence-electron chi connectivity index (χ0n) is 25.3. The summed E-state index contributed by atoms with van der Waals surface area (Å²) in [7, 11) is 1.49. The van der Waals surface area contributed by atoms with Crippen LogP contribution in [0, 0.1) is 50.2 Å². The van der Waals surface area contributed by atoms with Crippen LogP contribution in [-0.4, -0.2) is 30.9 Å². The highest BCUT2D eigenvalue weighted by Gasteiger charge is 2.69. The first kappa shape index (κ1) is 27.9. The van der Waals surface area contributed by atoms with Crippen molar-refractivity contribution >= 4 is 17.7 Å². The Labute approximate surface area is 229 Å². The molecule has 0 N–H and O–H groups in total. The van der Waals surface area contributed by atoms with Crippen molar-refractivity contribution in [3.8, 4) is 0 Å². The maximum absolute atomic E-state index is 14.4. The second-order valence-corrected chi connectivity index (χ2v) is 15.7. The van der Waals surface area contributed by atoms with Gasteiger partial charge in [0.15, 0.2) is 5.78 Å². The van der Waals surface area contributed by atoms with E-state index in [1.807, 2.05) is 0 Å². The number of hydrogen-bond donors (Lipinski definition) is 0. The Morgan fingerprint density at radius 2 is 1.55 bits per heavy atom. The van der Waals surface area contributed by atoms with Gasteiger partial charge in [0.05, 0.1) is 12.5 Å². The van der Waals surface area contributed by atoms with E-state index in [1.165, 1.54) is 19.6 Å². The summed E-state index contributed by atoms with van der Waals surface area (Å²) < 4.78 is 11.1. The van der Waals surface area contributed by atoms with Gasteiger partial charge in [0.2, 0.25) is 0 Å². The molecule has 0 aromatic carbocycles. The number of rotatable bonds is 2. The first-order valence-corrected chi connectivity index (χ1v) is 15.0. The molecule has 0 bridgehead atoms. The summed E-state index contributed by atoms with van der Waals surface area (Å²) >= 11 is 0. The summed E-state index contributed by atoms with van der Waals surface area (Å²) in [5.74, 6) is 0.426. The van der Waals surface area contributed by atoms with Crippen LogP contribution in [0.15, 0.2) is 11.6 Å². The Hall–Kier alpha value is -1.65. The highest BCUT2D eigenvalue weighted by atomic mass is 16.5. The lowest BCUT2D eigenvalue weighted by Gasteiger charge is -2.70. The van der Waals surface area contributed by atoms with Crippen LogP contribution in [-0.2, 0) is 23.9 Å². The highest BCUT2D eigenvalue weighted by molar-refractivity contribution is 5.95. The molecule has 38 heavy (non-hydrogen) atoms.